The van der Waals surface area contributed by atoms with Crippen molar-refractivity contribution >= 4 is 17.5 Å². The monoisotopic (exact) mass is 324 g/mol. The number of carbonyl (C=O) groups excluding carboxylic acids is 1. The van der Waals surface area contributed by atoms with E-state index in [0.29, 0.717) is 17.7 Å². The van der Waals surface area contributed by atoms with E-state index in [2.05, 4.69) is 27.5 Å². The van der Waals surface area contributed by atoms with E-state index in [-0.39, 0.29) is 5.91 Å². The van der Waals surface area contributed by atoms with Gasteiger partial charge in [0, 0.05) is 17.4 Å². The summed E-state index contributed by atoms with van der Waals surface area (Å²) in [5.41, 5.74) is 3.14. The number of anilines is 2. The van der Waals surface area contributed by atoms with Gasteiger partial charge in [-0.15, -0.1) is 0 Å². The van der Waals surface area contributed by atoms with Gasteiger partial charge in [0.05, 0.1) is 0 Å². The summed E-state index contributed by atoms with van der Waals surface area (Å²) < 4.78 is 0. The molecule has 1 aliphatic carbocycles. The van der Waals surface area contributed by atoms with Crippen LogP contribution >= 0.6 is 0 Å². The summed E-state index contributed by atoms with van der Waals surface area (Å²) in [4.78, 5) is 21.4. The van der Waals surface area contributed by atoms with E-state index in [4.69, 9.17) is 0 Å². The third-order valence-corrected chi connectivity index (χ3v) is 4.42. The highest BCUT2D eigenvalue weighted by Gasteiger charge is 2.17. The molecular weight excluding hydrogens is 300 g/mol. The molecule has 0 saturated heterocycles. The van der Waals surface area contributed by atoms with E-state index in [1.54, 1.807) is 6.07 Å². The van der Waals surface area contributed by atoms with Crippen LogP contribution in [0.25, 0.3) is 0 Å². The molecule has 0 unspecified atom stereocenters. The predicted octanol–water partition coefficient (Wildman–Crippen LogP) is 3.95. The molecule has 1 aromatic heterocycles. The molecule has 3 rings (SSSR count). The van der Waals surface area contributed by atoms with Crippen molar-refractivity contribution in [3.63, 3.8) is 0 Å². The number of rotatable bonds is 5. The van der Waals surface area contributed by atoms with Gasteiger partial charge < -0.3 is 10.6 Å². The normalized spacial score (nSPS) is 14.6. The number of hydrogen-bond donors (Lipinski definition) is 2. The lowest BCUT2D eigenvalue weighted by atomic mass is 10.1. The van der Waals surface area contributed by atoms with Crippen LogP contribution in [0, 0.1) is 6.92 Å². The van der Waals surface area contributed by atoms with Crippen molar-refractivity contribution in [3.05, 3.63) is 47.3 Å². The number of benzene rings is 1. The van der Waals surface area contributed by atoms with Crippen LogP contribution < -0.4 is 10.6 Å². The van der Waals surface area contributed by atoms with E-state index >= 15 is 0 Å². The number of hydrogen-bond acceptors (Lipinski definition) is 4. The Kier molecular flexibility index (Phi) is 5.08. The van der Waals surface area contributed by atoms with E-state index in [1.807, 2.05) is 31.2 Å². The second-order valence-corrected chi connectivity index (χ2v) is 6.31. The Morgan fingerprint density at radius 2 is 1.96 bits per heavy atom. The fraction of sp³-hybridized carbons (Fsp3) is 0.421. The molecule has 0 aliphatic heterocycles. The minimum absolute atomic E-state index is 0.198. The second-order valence-electron chi connectivity index (χ2n) is 6.31. The summed E-state index contributed by atoms with van der Waals surface area (Å²) >= 11 is 0. The molecule has 1 aliphatic rings. The number of amides is 1. The first-order valence-electron chi connectivity index (χ1n) is 8.67. The quantitative estimate of drug-likeness (QED) is 0.874. The molecule has 24 heavy (non-hydrogen) atoms. The van der Waals surface area contributed by atoms with E-state index in [0.717, 1.165) is 36.2 Å². The van der Waals surface area contributed by atoms with Crippen LogP contribution in [0.4, 0.5) is 11.6 Å². The zero-order valence-electron chi connectivity index (χ0n) is 14.3. The van der Waals surface area contributed by atoms with Gasteiger partial charge in [0.1, 0.15) is 5.69 Å². The molecule has 0 radical (unpaired) electrons. The molecule has 126 valence electrons. The zero-order chi connectivity index (χ0) is 16.9. The molecule has 2 aromatic rings. The zero-order valence-corrected chi connectivity index (χ0v) is 14.3. The first-order valence-corrected chi connectivity index (χ1v) is 8.67. The fourth-order valence-electron chi connectivity index (χ4n) is 3.14. The molecule has 1 fully saturated rings. The number of aromatic nitrogens is 2. The lowest BCUT2D eigenvalue weighted by Crippen LogP contribution is -2.20. The summed E-state index contributed by atoms with van der Waals surface area (Å²) in [6.07, 6.45) is 5.63. The van der Waals surface area contributed by atoms with Crippen molar-refractivity contribution in [2.45, 2.75) is 52.0 Å². The molecule has 1 aromatic carbocycles. The first kappa shape index (κ1) is 16.4. The maximum atomic E-state index is 12.6. The smallest absolute Gasteiger partial charge is 0.274 e. The van der Waals surface area contributed by atoms with Crippen molar-refractivity contribution in [2.75, 3.05) is 10.6 Å². The first-order chi connectivity index (χ1) is 11.7. The van der Waals surface area contributed by atoms with Gasteiger partial charge in [0.15, 0.2) is 0 Å². The molecule has 1 amide bonds. The fourth-order valence-corrected chi connectivity index (χ4v) is 3.14. The van der Waals surface area contributed by atoms with Gasteiger partial charge in [-0.2, -0.15) is 0 Å². The van der Waals surface area contributed by atoms with Crippen molar-refractivity contribution in [1.82, 2.24) is 9.97 Å². The molecule has 0 spiro atoms. The number of nitrogens with zero attached hydrogens (tertiary/aromatic N) is 2. The van der Waals surface area contributed by atoms with E-state index in [9.17, 15) is 4.79 Å². The third-order valence-electron chi connectivity index (χ3n) is 4.42. The van der Waals surface area contributed by atoms with Gasteiger partial charge in [0.2, 0.25) is 5.95 Å². The van der Waals surface area contributed by atoms with E-state index < -0.39 is 0 Å². The molecule has 0 atom stereocenters. The summed E-state index contributed by atoms with van der Waals surface area (Å²) in [7, 11) is 0. The van der Waals surface area contributed by atoms with Crippen molar-refractivity contribution < 1.29 is 4.79 Å². The molecular formula is C19H24N4O. The highest BCUT2D eigenvalue weighted by molar-refractivity contribution is 6.03. The molecule has 5 nitrogen and oxygen atoms in total. The standard InChI is InChI=1S/C19H24N4O/c1-3-14-8-4-7-11-16(14)22-18(24)17-12-13(2)20-19(23-17)21-15-9-5-6-10-15/h4,7-8,11-12,15H,3,5-6,9-10H2,1-2H3,(H,22,24)(H,20,21,23). The number of nitrogens with one attached hydrogen (secondary N) is 2. The van der Waals surface area contributed by atoms with E-state index in [1.165, 1.54) is 12.8 Å². The molecule has 5 heteroatoms. The topological polar surface area (TPSA) is 66.9 Å². The molecule has 2 N–H and O–H groups in total. The Morgan fingerprint density at radius 3 is 2.71 bits per heavy atom. The molecule has 1 saturated carbocycles. The largest absolute Gasteiger partial charge is 0.351 e. The summed E-state index contributed by atoms with van der Waals surface area (Å²) in [6.45, 7) is 3.96. The minimum Gasteiger partial charge on any atom is -0.351 e. The Morgan fingerprint density at radius 1 is 1.21 bits per heavy atom. The Bertz CT molecular complexity index is 723. The second kappa shape index (κ2) is 7.43. The van der Waals surface area contributed by atoms with Crippen LogP contribution in [0.3, 0.4) is 0 Å². The number of para-hydroxylation sites is 1. The van der Waals surface area contributed by atoms with Crippen LogP contribution in [-0.2, 0) is 6.42 Å². The highest BCUT2D eigenvalue weighted by atomic mass is 16.1. The molecule has 0 bridgehead atoms. The lowest BCUT2D eigenvalue weighted by molar-refractivity contribution is 0.102. The van der Waals surface area contributed by atoms with Crippen LogP contribution in [0.5, 0.6) is 0 Å². The predicted molar refractivity (Wildman–Crippen MR) is 96.4 cm³/mol. The van der Waals surface area contributed by atoms with Crippen LogP contribution in [0.2, 0.25) is 0 Å². The van der Waals surface area contributed by atoms with Crippen LogP contribution in [-0.4, -0.2) is 21.9 Å². The average Bonchev–Trinajstić information content (AvgIpc) is 3.07. The van der Waals surface area contributed by atoms with Gasteiger partial charge >= 0.3 is 0 Å². The van der Waals surface area contributed by atoms with Gasteiger partial charge in [-0.05, 0) is 43.9 Å². The summed E-state index contributed by atoms with van der Waals surface area (Å²) in [6, 6.07) is 9.99. The third kappa shape index (κ3) is 3.91. The maximum Gasteiger partial charge on any atom is 0.274 e. The number of carbonyl (C=O) groups is 1. The van der Waals surface area contributed by atoms with Gasteiger partial charge in [-0.3, -0.25) is 4.79 Å². The Balaban J connectivity index is 1.77. The Hall–Kier alpha value is -2.43. The van der Waals surface area contributed by atoms with Crippen molar-refractivity contribution in [1.29, 1.82) is 0 Å². The van der Waals surface area contributed by atoms with Crippen LogP contribution in [0.1, 0.15) is 54.4 Å². The summed E-state index contributed by atoms with van der Waals surface area (Å²) in [5.74, 6) is 0.353. The van der Waals surface area contributed by atoms with Gasteiger partial charge in [0.25, 0.3) is 5.91 Å². The highest BCUT2D eigenvalue weighted by Crippen LogP contribution is 2.21. The van der Waals surface area contributed by atoms with Gasteiger partial charge in [-0.25, -0.2) is 9.97 Å². The average molecular weight is 324 g/mol. The maximum absolute atomic E-state index is 12.6. The molecule has 1 heterocycles. The van der Waals surface area contributed by atoms with Crippen molar-refractivity contribution in [3.8, 4) is 0 Å². The number of aryl methyl sites for hydroxylation is 2. The van der Waals surface area contributed by atoms with Crippen molar-refractivity contribution in [2.24, 2.45) is 0 Å². The van der Waals surface area contributed by atoms with Gasteiger partial charge in [-0.1, -0.05) is 38.0 Å². The lowest BCUT2D eigenvalue weighted by Gasteiger charge is -2.14. The van der Waals surface area contributed by atoms with Crippen LogP contribution in [0.15, 0.2) is 30.3 Å². The minimum atomic E-state index is -0.198. The Labute approximate surface area is 142 Å². The SMILES string of the molecule is CCc1ccccc1NC(=O)c1cc(C)nc(NC2CCCC2)n1. The summed E-state index contributed by atoms with van der Waals surface area (Å²) in [5, 5.41) is 6.33.